The average molecular weight is 1350 g/mol. The zero-order chi connectivity index (χ0) is 69.9. The van der Waals surface area contributed by atoms with Crippen molar-refractivity contribution in [2.24, 2.45) is 20.5 Å². The molecule has 512 valence electrons. The summed E-state index contributed by atoms with van der Waals surface area (Å²) in [7, 11) is -8.28. The van der Waals surface area contributed by atoms with E-state index in [1.807, 2.05) is 76.2 Å². The van der Waals surface area contributed by atoms with Crippen molar-refractivity contribution in [3.8, 4) is 29.3 Å². The Labute approximate surface area is 552 Å². The number of azo groups is 2. The standard InChI is InChI=1S/C63H85N17O13S2/c1-16-21-26-89-55(81)39-31-40(56(82)90-27-22-17-2)34-43(33-39)77-53(47(37(6)73-77)94(14,85)86)71-69-45-49(62(8,9)10)75-79(51(45)64)59-66-60(68-61(67-59)93-30-25-20-5)80-52(65)46(50(76-80)63(11,12)13)70-72-54-48(95(15,87)88)38(7)74-78(54)44-35-41(57(83)91-28-23-18-3)32-42(36-44)58(84)92-29-24-19-4/h31-36H,16-30,64-65H2,1-15H3. The smallest absolute Gasteiger partial charge is 0.338 e. The lowest BCUT2D eigenvalue weighted by Crippen LogP contribution is -2.17. The first kappa shape index (κ1) is 73.1. The molecular formula is C63H85N17O13S2. The fraction of sp³-hybridized carbons (Fsp3) is 0.508. The topological polar surface area (TPSA) is 394 Å². The molecule has 0 fully saturated rings. The maximum atomic E-state index is 13.7. The molecule has 0 aliphatic heterocycles. The minimum Gasteiger partial charge on any atom is -0.463 e. The summed E-state index contributed by atoms with van der Waals surface area (Å²) in [4.78, 5) is 67.5. The Hall–Kier alpha value is -9.33. The number of unbranched alkanes of at least 4 members (excludes halogenated alkanes) is 5. The summed E-state index contributed by atoms with van der Waals surface area (Å²) in [6.45, 7) is 24.2. The van der Waals surface area contributed by atoms with Gasteiger partial charge in [-0.3, -0.25) is 0 Å². The summed E-state index contributed by atoms with van der Waals surface area (Å²) in [5.74, 6) is -4.47. The molecule has 32 heteroatoms. The van der Waals surface area contributed by atoms with Gasteiger partial charge in [0.25, 0.3) is 11.9 Å². The van der Waals surface area contributed by atoms with Crippen molar-refractivity contribution in [1.82, 2.24) is 54.1 Å². The van der Waals surface area contributed by atoms with Crippen LogP contribution in [-0.4, -0.2) is 140 Å². The van der Waals surface area contributed by atoms with Crippen LogP contribution in [0, 0.1) is 13.8 Å². The second kappa shape index (κ2) is 30.8. The Kier molecular flexibility index (Phi) is 23.7. The van der Waals surface area contributed by atoms with E-state index in [0.29, 0.717) is 32.1 Å². The number of aryl methyl sites for hydroxylation is 2. The maximum Gasteiger partial charge on any atom is 0.338 e. The first-order chi connectivity index (χ1) is 44.8. The summed E-state index contributed by atoms with van der Waals surface area (Å²) < 4.78 is 87.7. The molecule has 2 aromatic carbocycles. The van der Waals surface area contributed by atoms with Crippen molar-refractivity contribution in [1.29, 1.82) is 0 Å². The van der Waals surface area contributed by atoms with Crippen LogP contribution in [0.4, 0.5) is 34.6 Å². The van der Waals surface area contributed by atoms with Crippen molar-refractivity contribution >= 4 is 78.2 Å². The molecule has 7 rings (SSSR count). The predicted octanol–water partition coefficient (Wildman–Crippen LogP) is 11.6. The highest BCUT2D eigenvalue weighted by atomic mass is 32.2. The molecule has 0 saturated heterocycles. The van der Waals surface area contributed by atoms with Crippen LogP contribution in [0.5, 0.6) is 6.01 Å². The minimum absolute atomic E-state index is 0.00952. The van der Waals surface area contributed by atoms with Gasteiger partial charge in [0.2, 0.25) is 0 Å². The van der Waals surface area contributed by atoms with E-state index in [1.165, 1.54) is 50.2 Å². The molecule has 5 heterocycles. The van der Waals surface area contributed by atoms with Crippen LogP contribution in [-0.2, 0) is 49.5 Å². The van der Waals surface area contributed by atoms with E-state index in [0.717, 1.165) is 63.3 Å². The number of carbonyl (C=O) groups excluding carboxylic acids is 4. The van der Waals surface area contributed by atoms with Crippen molar-refractivity contribution in [3.63, 3.8) is 0 Å². The summed E-state index contributed by atoms with van der Waals surface area (Å²) in [6, 6.07) is 8.00. The zero-order valence-electron chi connectivity index (χ0n) is 56.6. The molecular weight excluding hydrogens is 1270 g/mol. The second-order valence-electron chi connectivity index (χ2n) is 24.6. The Bertz CT molecular complexity index is 3940. The first-order valence-corrected chi connectivity index (χ1v) is 35.2. The summed E-state index contributed by atoms with van der Waals surface area (Å²) in [5, 5.41) is 37.1. The minimum atomic E-state index is -4.14. The Morgan fingerprint density at radius 2 is 0.758 bits per heavy atom. The molecule has 0 bridgehead atoms. The van der Waals surface area contributed by atoms with Gasteiger partial charge in [-0.05, 0) is 82.3 Å². The molecule has 0 aliphatic rings. The third-order valence-electron chi connectivity index (χ3n) is 14.3. The lowest BCUT2D eigenvalue weighted by molar-refractivity contribution is 0.0479. The Morgan fingerprint density at radius 3 is 1.04 bits per heavy atom. The van der Waals surface area contributed by atoms with E-state index in [4.69, 9.17) is 50.3 Å². The molecule has 0 saturated carbocycles. The van der Waals surface area contributed by atoms with Gasteiger partial charge in [0.1, 0.15) is 9.79 Å². The molecule has 95 heavy (non-hydrogen) atoms. The van der Waals surface area contributed by atoms with Crippen LogP contribution >= 0.6 is 0 Å². The molecule has 30 nitrogen and oxygen atoms in total. The number of benzene rings is 2. The van der Waals surface area contributed by atoms with Crippen molar-refractivity contribution < 1.29 is 59.7 Å². The van der Waals surface area contributed by atoms with Gasteiger partial charge in [-0.15, -0.1) is 20.5 Å². The zero-order valence-corrected chi connectivity index (χ0v) is 58.2. The van der Waals surface area contributed by atoms with Gasteiger partial charge in [-0.2, -0.15) is 44.7 Å². The highest BCUT2D eigenvalue weighted by Gasteiger charge is 2.34. The molecule has 7 aromatic rings. The van der Waals surface area contributed by atoms with Gasteiger partial charge in [0.15, 0.2) is 54.3 Å². The number of sulfone groups is 2. The number of hydrogen-bond donors (Lipinski definition) is 2. The molecule has 0 amide bonds. The molecule has 0 aliphatic carbocycles. The molecule has 0 spiro atoms. The lowest BCUT2D eigenvalue weighted by atomic mass is 9.91. The van der Waals surface area contributed by atoms with Crippen molar-refractivity contribution in [2.45, 2.75) is 175 Å². The number of aromatic nitrogens is 11. The van der Waals surface area contributed by atoms with E-state index in [1.54, 1.807) is 0 Å². The Morgan fingerprint density at radius 1 is 0.453 bits per heavy atom. The number of nitrogens with two attached hydrogens (primary N) is 2. The monoisotopic (exact) mass is 1350 g/mol. The van der Waals surface area contributed by atoms with E-state index < -0.39 is 54.4 Å². The molecule has 4 N–H and O–H groups in total. The van der Waals surface area contributed by atoms with Gasteiger partial charge >= 0.3 is 29.9 Å². The largest absolute Gasteiger partial charge is 0.463 e. The third kappa shape index (κ3) is 17.5. The van der Waals surface area contributed by atoms with Crippen molar-refractivity contribution in [2.75, 3.05) is 57.0 Å². The lowest BCUT2D eigenvalue weighted by Gasteiger charge is -2.15. The normalized spacial score (nSPS) is 12.3. The van der Waals surface area contributed by atoms with E-state index in [9.17, 15) is 36.0 Å². The number of anilines is 2. The number of carbonyl (C=O) groups is 4. The fourth-order valence-corrected chi connectivity index (χ4v) is 11.4. The number of ether oxygens (including phenoxy) is 5. The van der Waals surface area contributed by atoms with E-state index in [-0.39, 0.29) is 152 Å². The van der Waals surface area contributed by atoms with Crippen LogP contribution in [0.3, 0.4) is 0 Å². The number of nitrogens with zero attached hydrogens (tertiary/aromatic N) is 15. The predicted molar refractivity (Wildman–Crippen MR) is 353 cm³/mol. The number of hydrogen-bond acceptors (Lipinski definition) is 26. The van der Waals surface area contributed by atoms with Gasteiger partial charge < -0.3 is 35.2 Å². The van der Waals surface area contributed by atoms with Crippen LogP contribution in [0.1, 0.15) is 205 Å². The first-order valence-electron chi connectivity index (χ1n) is 31.4. The van der Waals surface area contributed by atoms with E-state index in [2.05, 4.69) is 40.6 Å². The number of esters is 4. The number of rotatable bonds is 30. The summed E-state index contributed by atoms with van der Waals surface area (Å²) >= 11 is 0. The number of nitrogen functional groups attached to an aromatic ring is 2. The summed E-state index contributed by atoms with van der Waals surface area (Å²) in [6.07, 6.45) is 8.61. The van der Waals surface area contributed by atoms with Crippen molar-refractivity contribution in [3.05, 3.63) is 81.4 Å². The highest BCUT2D eigenvalue weighted by molar-refractivity contribution is 7.91. The van der Waals surface area contributed by atoms with Crippen LogP contribution in [0.15, 0.2) is 66.6 Å². The molecule has 0 unspecified atom stereocenters. The van der Waals surface area contributed by atoms with Crippen LogP contribution in [0.2, 0.25) is 0 Å². The average Bonchev–Trinajstić information content (AvgIpc) is 1.63. The van der Waals surface area contributed by atoms with Crippen LogP contribution < -0.4 is 16.2 Å². The summed E-state index contributed by atoms with van der Waals surface area (Å²) in [5.41, 5.74) is 12.7. The fourth-order valence-electron chi connectivity index (χ4n) is 9.36. The van der Waals surface area contributed by atoms with Gasteiger partial charge in [-0.1, -0.05) is 108 Å². The van der Waals surface area contributed by atoms with Gasteiger partial charge in [-0.25, -0.2) is 45.4 Å². The highest BCUT2D eigenvalue weighted by Crippen LogP contribution is 2.42. The maximum absolute atomic E-state index is 13.7. The van der Waals surface area contributed by atoms with Crippen LogP contribution in [0.25, 0.3) is 23.3 Å². The Balaban J connectivity index is 1.41. The molecule has 0 radical (unpaired) electrons. The molecule has 0 atom stereocenters. The molecule has 5 aromatic heterocycles. The quantitative estimate of drug-likeness (QED) is 0.0183. The van der Waals surface area contributed by atoms with Gasteiger partial charge in [0.05, 0.1) is 89.4 Å². The van der Waals surface area contributed by atoms with Gasteiger partial charge in [0, 0.05) is 23.3 Å². The SMILES string of the molecule is CCCCOC(=O)c1cc(C(=O)OCCCC)cc(-n2nc(C)c(S(C)(=O)=O)c2N=Nc2c(C(C)(C)C)nn(-c3nc(OCCCC)nc(-n4nc(C(C)(C)C)c(N=Nc5c(S(C)(=O)=O)c(C)nn5-c5cc(C(=O)OCCCC)cc(C(=O)OCCCC)c5)c4N)n3)c2N)c1. The van der Waals surface area contributed by atoms with E-state index >= 15 is 0 Å². The second-order valence-corrected chi connectivity index (χ2v) is 28.6. The third-order valence-corrected chi connectivity index (χ3v) is 16.7.